The third kappa shape index (κ3) is 1.33. The molecule has 0 amide bonds. The van der Waals surface area contributed by atoms with Crippen molar-refractivity contribution in [1.29, 1.82) is 0 Å². The van der Waals surface area contributed by atoms with Crippen LogP contribution in [-0.4, -0.2) is 20.4 Å². The Morgan fingerprint density at radius 3 is 3.00 bits per heavy atom. The number of hydrogen-bond donors (Lipinski definition) is 0. The predicted molar refractivity (Wildman–Crippen MR) is 63.3 cm³/mol. The first-order valence-electron chi connectivity index (χ1n) is 4.98. The Morgan fingerprint density at radius 1 is 1.27 bits per heavy atom. The molecule has 3 rings (SSSR count). The first-order valence-corrected chi connectivity index (χ1v) is 5.75. The molecule has 0 radical (unpaired) electrons. The van der Waals surface area contributed by atoms with Crippen molar-refractivity contribution in [3.63, 3.8) is 0 Å². The lowest BCUT2D eigenvalue weighted by molar-refractivity contribution is 0.643. The third-order valence-electron chi connectivity index (χ3n) is 2.46. The maximum atomic E-state index is 4.58. The van der Waals surface area contributed by atoms with Crippen molar-refractivity contribution in [2.45, 2.75) is 12.1 Å². The average molecular weight is 217 g/mol. The Hall–Kier alpha value is -1.42. The Bertz CT molecular complexity index is 530. The minimum atomic E-state index is 0.990. The number of para-hydroxylation sites is 2. The quantitative estimate of drug-likeness (QED) is 0.685. The van der Waals surface area contributed by atoms with E-state index in [4.69, 9.17) is 0 Å². The molecule has 2 heterocycles. The van der Waals surface area contributed by atoms with Crippen molar-refractivity contribution < 1.29 is 0 Å². The SMILES string of the molecule is CCN1C=Cn2c(nc3ccccc32)S1. The number of hydrogen-bond acceptors (Lipinski definition) is 3. The van der Waals surface area contributed by atoms with Crippen molar-refractivity contribution in [1.82, 2.24) is 13.9 Å². The van der Waals surface area contributed by atoms with E-state index in [0.717, 1.165) is 17.2 Å². The summed E-state index contributed by atoms with van der Waals surface area (Å²) in [6.45, 7) is 3.13. The lowest BCUT2D eigenvalue weighted by Crippen LogP contribution is -2.12. The second-order valence-electron chi connectivity index (χ2n) is 3.38. The van der Waals surface area contributed by atoms with Gasteiger partial charge in [0.1, 0.15) is 0 Å². The Balaban J connectivity index is 2.19. The summed E-state index contributed by atoms with van der Waals surface area (Å²) in [6, 6.07) is 8.21. The molecular formula is C11H11N3S. The number of rotatable bonds is 1. The van der Waals surface area contributed by atoms with Gasteiger partial charge in [0.05, 0.1) is 11.0 Å². The second-order valence-corrected chi connectivity index (χ2v) is 4.39. The Morgan fingerprint density at radius 2 is 2.13 bits per heavy atom. The molecule has 0 atom stereocenters. The monoisotopic (exact) mass is 217 g/mol. The van der Waals surface area contributed by atoms with E-state index in [1.54, 1.807) is 11.9 Å². The summed E-state index contributed by atoms with van der Waals surface area (Å²) >= 11 is 1.68. The normalized spacial score (nSPS) is 14.6. The number of fused-ring (bicyclic) bond motifs is 3. The molecular weight excluding hydrogens is 206 g/mol. The van der Waals surface area contributed by atoms with Gasteiger partial charge in [0.2, 0.25) is 0 Å². The molecule has 4 heteroatoms. The van der Waals surface area contributed by atoms with Gasteiger partial charge < -0.3 is 4.31 Å². The van der Waals surface area contributed by atoms with Gasteiger partial charge in [-0.1, -0.05) is 12.1 Å². The fourth-order valence-electron chi connectivity index (χ4n) is 1.68. The third-order valence-corrected chi connectivity index (χ3v) is 3.52. The highest BCUT2D eigenvalue weighted by Crippen LogP contribution is 2.30. The van der Waals surface area contributed by atoms with Crippen LogP contribution in [0, 0.1) is 0 Å². The molecule has 0 saturated heterocycles. The topological polar surface area (TPSA) is 21.1 Å². The number of nitrogens with zero attached hydrogens (tertiary/aromatic N) is 3. The molecule has 0 bridgehead atoms. The van der Waals surface area contributed by atoms with Crippen molar-refractivity contribution in [3.05, 3.63) is 30.5 Å². The van der Waals surface area contributed by atoms with Gasteiger partial charge in [-0.3, -0.25) is 4.57 Å². The standard InChI is InChI=1S/C11H11N3S/c1-2-13-7-8-14-10-6-4-3-5-9(10)12-11(14)15-13/h3-8H,2H2,1H3. The van der Waals surface area contributed by atoms with Crippen LogP contribution in [-0.2, 0) is 0 Å². The van der Waals surface area contributed by atoms with Gasteiger partial charge in [0.25, 0.3) is 0 Å². The first kappa shape index (κ1) is 8.85. The molecule has 1 aliphatic rings. The van der Waals surface area contributed by atoms with Gasteiger partial charge >= 0.3 is 0 Å². The molecule has 0 spiro atoms. The van der Waals surface area contributed by atoms with E-state index in [-0.39, 0.29) is 0 Å². The van der Waals surface area contributed by atoms with Crippen LogP contribution in [0.3, 0.4) is 0 Å². The summed E-state index contributed by atoms with van der Waals surface area (Å²) in [5.41, 5.74) is 2.23. The first-order chi connectivity index (χ1) is 7.38. The van der Waals surface area contributed by atoms with Gasteiger partial charge in [-0.15, -0.1) is 0 Å². The summed E-state index contributed by atoms with van der Waals surface area (Å²) in [7, 11) is 0. The van der Waals surface area contributed by atoms with Crippen LogP contribution < -0.4 is 0 Å². The molecule has 0 saturated carbocycles. The fourth-order valence-corrected chi connectivity index (χ4v) is 2.52. The number of benzene rings is 1. The predicted octanol–water partition coefficient (Wildman–Crippen LogP) is 2.81. The van der Waals surface area contributed by atoms with Gasteiger partial charge in [-0.05, 0) is 19.1 Å². The summed E-state index contributed by atoms with van der Waals surface area (Å²) < 4.78 is 4.30. The van der Waals surface area contributed by atoms with E-state index in [1.165, 1.54) is 5.52 Å². The smallest absolute Gasteiger partial charge is 0.194 e. The van der Waals surface area contributed by atoms with Crippen LogP contribution >= 0.6 is 11.9 Å². The maximum Gasteiger partial charge on any atom is 0.194 e. The van der Waals surface area contributed by atoms with E-state index >= 15 is 0 Å². The Kier molecular flexibility index (Phi) is 1.95. The van der Waals surface area contributed by atoms with Gasteiger partial charge in [-0.25, -0.2) is 4.98 Å². The zero-order valence-corrected chi connectivity index (χ0v) is 9.24. The lowest BCUT2D eigenvalue weighted by Gasteiger charge is -2.20. The average Bonchev–Trinajstić information content (AvgIpc) is 2.66. The Labute approximate surface area is 92.5 Å². The van der Waals surface area contributed by atoms with E-state index in [0.29, 0.717) is 0 Å². The molecule has 0 fully saturated rings. The fraction of sp³-hybridized carbons (Fsp3) is 0.182. The van der Waals surface area contributed by atoms with Gasteiger partial charge in [0.15, 0.2) is 5.16 Å². The van der Waals surface area contributed by atoms with Crippen LogP contribution in [0.15, 0.2) is 35.6 Å². The molecule has 1 aromatic carbocycles. The minimum absolute atomic E-state index is 0.990. The molecule has 0 aliphatic carbocycles. The number of imidazole rings is 1. The number of aromatic nitrogens is 2. The zero-order chi connectivity index (χ0) is 10.3. The van der Waals surface area contributed by atoms with Crippen molar-refractivity contribution in [2.24, 2.45) is 0 Å². The van der Waals surface area contributed by atoms with Crippen LogP contribution in [0.4, 0.5) is 0 Å². The second kappa shape index (κ2) is 3.31. The molecule has 0 unspecified atom stereocenters. The summed E-state index contributed by atoms with van der Waals surface area (Å²) in [6.07, 6.45) is 4.16. The molecule has 1 aromatic heterocycles. The molecule has 15 heavy (non-hydrogen) atoms. The maximum absolute atomic E-state index is 4.58. The van der Waals surface area contributed by atoms with Crippen molar-refractivity contribution in [3.8, 4) is 0 Å². The molecule has 3 nitrogen and oxygen atoms in total. The molecule has 1 aliphatic heterocycles. The highest BCUT2D eigenvalue weighted by Gasteiger charge is 2.14. The summed E-state index contributed by atoms with van der Waals surface area (Å²) in [5.74, 6) is 0. The van der Waals surface area contributed by atoms with Crippen LogP contribution in [0.5, 0.6) is 0 Å². The van der Waals surface area contributed by atoms with Crippen LogP contribution in [0.25, 0.3) is 17.2 Å². The van der Waals surface area contributed by atoms with Gasteiger partial charge in [-0.2, -0.15) is 0 Å². The van der Waals surface area contributed by atoms with E-state index < -0.39 is 0 Å². The minimum Gasteiger partial charge on any atom is -0.315 e. The van der Waals surface area contributed by atoms with E-state index in [9.17, 15) is 0 Å². The molecule has 2 aromatic rings. The van der Waals surface area contributed by atoms with Crippen molar-refractivity contribution in [2.75, 3.05) is 6.54 Å². The highest BCUT2D eigenvalue weighted by atomic mass is 32.2. The van der Waals surface area contributed by atoms with E-state index in [2.05, 4.69) is 39.2 Å². The van der Waals surface area contributed by atoms with Crippen LogP contribution in [0.1, 0.15) is 6.92 Å². The zero-order valence-electron chi connectivity index (χ0n) is 8.42. The van der Waals surface area contributed by atoms with Crippen LogP contribution in [0.2, 0.25) is 0 Å². The lowest BCUT2D eigenvalue weighted by atomic mass is 10.3. The van der Waals surface area contributed by atoms with Gasteiger partial charge in [0, 0.05) is 30.9 Å². The summed E-state index contributed by atoms with van der Waals surface area (Å²) in [5, 5.41) is 1.04. The molecule has 0 N–H and O–H groups in total. The largest absolute Gasteiger partial charge is 0.315 e. The van der Waals surface area contributed by atoms with Crippen molar-refractivity contribution >= 4 is 29.2 Å². The highest BCUT2D eigenvalue weighted by molar-refractivity contribution is 7.97. The molecule has 76 valence electrons. The van der Waals surface area contributed by atoms with E-state index in [1.807, 2.05) is 18.2 Å². The summed E-state index contributed by atoms with van der Waals surface area (Å²) in [4.78, 5) is 4.58.